The number of likely N-dealkylation sites (N-methyl/N-ethyl adjacent to an activating group) is 1. The summed E-state index contributed by atoms with van der Waals surface area (Å²) in [6.45, 7) is 3.77. The van der Waals surface area contributed by atoms with Gasteiger partial charge in [0.1, 0.15) is 0 Å². The fourth-order valence-electron chi connectivity index (χ4n) is 1.54. The van der Waals surface area contributed by atoms with Crippen LogP contribution < -0.4 is 5.32 Å². The van der Waals surface area contributed by atoms with E-state index in [1.165, 1.54) is 19.3 Å². The molecule has 1 aliphatic rings. The van der Waals surface area contributed by atoms with Crippen molar-refractivity contribution in [2.45, 2.75) is 32.2 Å². The summed E-state index contributed by atoms with van der Waals surface area (Å²) in [6.07, 6.45) is 4.19. The van der Waals surface area contributed by atoms with Gasteiger partial charge in [-0.05, 0) is 32.7 Å². The molecule has 1 fully saturated rings. The number of hydrogen-bond donors (Lipinski definition) is 1. The summed E-state index contributed by atoms with van der Waals surface area (Å²) in [4.78, 5) is 0. The van der Waals surface area contributed by atoms with Crippen LogP contribution >= 0.6 is 0 Å². The first-order valence-electron chi connectivity index (χ1n) is 4.63. The maximum atomic E-state index is 5.38. The molecular weight excluding hydrogens is 138 g/mol. The third kappa shape index (κ3) is 2.46. The van der Waals surface area contributed by atoms with Crippen LogP contribution in [0.1, 0.15) is 26.2 Å². The van der Waals surface area contributed by atoms with Crippen LogP contribution in [0.3, 0.4) is 0 Å². The van der Waals surface area contributed by atoms with E-state index in [-0.39, 0.29) is 0 Å². The zero-order valence-corrected chi connectivity index (χ0v) is 7.60. The van der Waals surface area contributed by atoms with Crippen molar-refractivity contribution in [3.63, 3.8) is 0 Å². The summed E-state index contributed by atoms with van der Waals surface area (Å²) < 4.78 is 5.38. The fourth-order valence-corrected chi connectivity index (χ4v) is 1.54. The van der Waals surface area contributed by atoms with Crippen molar-refractivity contribution in [3.8, 4) is 0 Å². The molecule has 1 N–H and O–H groups in total. The molecule has 66 valence electrons. The standard InChI is InChI=1S/C9H19NO/c1-3-11-7-9(10-2)8-5-4-6-8/h8-10H,3-7H2,1-2H3. The summed E-state index contributed by atoms with van der Waals surface area (Å²) in [5.41, 5.74) is 0. The third-order valence-electron chi connectivity index (χ3n) is 2.59. The fraction of sp³-hybridized carbons (Fsp3) is 1.00. The molecule has 0 spiro atoms. The van der Waals surface area contributed by atoms with Gasteiger partial charge >= 0.3 is 0 Å². The highest BCUT2D eigenvalue weighted by Gasteiger charge is 2.25. The van der Waals surface area contributed by atoms with Crippen LogP contribution in [0.2, 0.25) is 0 Å². The molecule has 11 heavy (non-hydrogen) atoms. The second-order valence-electron chi connectivity index (χ2n) is 3.25. The van der Waals surface area contributed by atoms with Crippen LogP contribution in [0.5, 0.6) is 0 Å². The lowest BCUT2D eigenvalue weighted by atomic mass is 9.80. The van der Waals surface area contributed by atoms with Crippen molar-refractivity contribution < 1.29 is 4.74 Å². The lowest BCUT2D eigenvalue weighted by molar-refractivity contribution is 0.0856. The molecule has 0 saturated heterocycles. The average Bonchev–Trinajstić information content (AvgIpc) is 1.93. The largest absolute Gasteiger partial charge is 0.380 e. The Morgan fingerprint density at radius 3 is 2.64 bits per heavy atom. The SMILES string of the molecule is CCOCC(NC)C1CCC1. The van der Waals surface area contributed by atoms with Crippen LogP contribution in [0.15, 0.2) is 0 Å². The van der Waals surface area contributed by atoms with E-state index in [1.807, 2.05) is 14.0 Å². The highest BCUT2D eigenvalue weighted by molar-refractivity contribution is 4.81. The van der Waals surface area contributed by atoms with Gasteiger partial charge in [-0.3, -0.25) is 0 Å². The molecule has 0 radical (unpaired) electrons. The molecule has 2 heteroatoms. The topological polar surface area (TPSA) is 21.3 Å². The van der Waals surface area contributed by atoms with Crippen molar-refractivity contribution in [2.75, 3.05) is 20.3 Å². The summed E-state index contributed by atoms with van der Waals surface area (Å²) >= 11 is 0. The minimum absolute atomic E-state index is 0.601. The van der Waals surface area contributed by atoms with E-state index >= 15 is 0 Å². The monoisotopic (exact) mass is 157 g/mol. The molecule has 0 heterocycles. The second-order valence-corrected chi connectivity index (χ2v) is 3.25. The van der Waals surface area contributed by atoms with Gasteiger partial charge in [0.2, 0.25) is 0 Å². The first kappa shape index (κ1) is 9.01. The van der Waals surface area contributed by atoms with Gasteiger partial charge in [0.05, 0.1) is 6.61 Å². The zero-order valence-electron chi connectivity index (χ0n) is 7.60. The predicted octanol–water partition coefficient (Wildman–Crippen LogP) is 1.41. The molecular formula is C9H19NO. The first-order chi connectivity index (χ1) is 5.38. The summed E-state index contributed by atoms with van der Waals surface area (Å²) in [6, 6.07) is 0.601. The average molecular weight is 157 g/mol. The maximum Gasteiger partial charge on any atom is 0.0622 e. The molecule has 1 aliphatic carbocycles. The van der Waals surface area contributed by atoms with Crippen LogP contribution in [0, 0.1) is 5.92 Å². The third-order valence-corrected chi connectivity index (χ3v) is 2.59. The summed E-state index contributed by atoms with van der Waals surface area (Å²) in [5, 5.41) is 3.31. The first-order valence-corrected chi connectivity index (χ1v) is 4.63. The Hall–Kier alpha value is -0.0800. The van der Waals surface area contributed by atoms with Gasteiger partial charge in [-0.2, -0.15) is 0 Å². The minimum atomic E-state index is 0.601. The van der Waals surface area contributed by atoms with Crippen molar-refractivity contribution in [2.24, 2.45) is 5.92 Å². The van der Waals surface area contributed by atoms with Gasteiger partial charge in [-0.25, -0.2) is 0 Å². The van der Waals surface area contributed by atoms with E-state index in [2.05, 4.69) is 5.32 Å². The Kier molecular flexibility index (Phi) is 3.87. The van der Waals surface area contributed by atoms with Crippen molar-refractivity contribution >= 4 is 0 Å². The van der Waals surface area contributed by atoms with Crippen LogP contribution in [-0.2, 0) is 4.74 Å². The van der Waals surface area contributed by atoms with E-state index in [0.717, 1.165) is 19.1 Å². The molecule has 2 nitrogen and oxygen atoms in total. The molecule has 0 amide bonds. The maximum absolute atomic E-state index is 5.38. The van der Waals surface area contributed by atoms with Crippen LogP contribution in [-0.4, -0.2) is 26.3 Å². The minimum Gasteiger partial charge on any atom is -0.380 e. The van der Waals surface area contributed by atoms with E-state index in [0.29, 0.717) is 6.04 Å². The highest BCUT2D eigenvalue weighted by atomic mass is 16.5. The molecule has 1 rings (SSSR count). The van der Waals surface area contributed by atoms with Crippen molar-refractivity contribution in [1.82, 2.24) is 5.32 Å². The van der Waals surface area contributed by atoms with Gasteiger partial charge in [0.25, 0.3) is 0 Å². The van der Waals surface area contributed by atoms with Gasteiger partial charge < -0.3 is 10.1 Å². The molecule has 0 aromatic heterocycles. The predicted molar refractivity (Wildman–Crippen MR) is 46.7 cm³/mol. The van der Waals surface area contributed by atoms with E-state index in [9.17, 15) is 0 Å². The molecule has 1 saturated carbocycles. The molecule has 0 bridgehead atoms. The smallest absolute Gasteiger partial charge is 0.0622 e. The van der Waals surface area contributed by atoms with Gasteiger partial charge in [0, 0.05) is 12.6 Å². The van der Waals surface area contributed by atoms with Crippen LogP contribution in [0.4, 0.5) is 0 Å². The Morgan fingerprint density at radius 1 is 1.55 bits per heavy atom. The zero-order chi connectivity index (χ0) is 8.10. The van der Waals surface area contributed by atoms with E-state index in [4.69, 9.17) is 4.74 Å². The Bertz CT molecular complexity index is 102. The quantitative estimate of drug-likeness (QED) is 0.651. The van der Waals surface area contributed by atoms with Gasteiger partial charge in [0.15, 0.2) is 0 Å². The molecule has 0 aromatic carbocycles. The van der Waals surface area contributed by atoms with Crippen molar-refractivity contribution in [1.29, 1.82) is 0 Å². The molecule has 0 aromatic rings. The Labute approximate surface area is 69.3 Å². The Morgan fingerprint density at radius 2 is 2.27 bits per heavy atom. The normalized spacial score (nSPS) is 21.3. The second kappa shape index (κ2) is 4.73. The lowest BCUT2D eigenvalue weighted by Crippen LogP contribution is -2.40. The van der Waals surface area contributed by atoms with E-state index in [1.54, 1.807) is 0 Å². The molecule has 1 unspecified atom stereocenters. The van der Waals surface area contributed by atoms with E-state index < -0.39 is 0 Å². The lowest BCUT2D eigenvalue weighted by Gasteiger charge is -2.33. The number of ether oxygens (including phenoxy) is 1. The number of rotatable bonds is 5. The molecule has 1 atom stereocenters. The number of nitrogens with one attached hydrogen (secondary N) is 1. The summed E-state index contributed by atoms with van der Waals surface area (Å²) in [5.74, 6) is 0.881. The number of hydrogen-bond acceptors (Lipinski definition) is 2. The van der Waals surface area contributed by atoms with Crippen molar-refractivity contribution in [3.05, 3.63) is 0 Å². The highest BCUT2D eigenvalue weighted by Crippen LogP contribution is 2.29. The van der Waals surface area contributed by atoms with Gasteiger partial charge in [-0.15, -0.1) is 0 Å². The Balaban J connectivity index is 2.13. The molecule has 0 aliphatic heterocycles. The van der Waals surface area contributed by atoms with Crippen LogP contribution in [0.25, 0.3) is 0 Å². The van der Waals surface area contributed by atoms with Gasteiger partial charge in [-0.1, -0.05) is 6.42 Å². The summed E-state index contributed by atoms with van der Waals surface area (Å²) in [7, 11) is 2.03.